The lowest BCUT2D eigenvalue weighted by Crippen LogP contribution is -2.29. The molecule has 1 aromatic heterocycles. The predicted molar refractivity (Wildman–Crippen MR) is 182 cm³/mol. The van der Waals surface area contributed by atoms with E-state index in [4.69, 9.17) is 4.98 Å². The number of benzene rings is 4. The first kappa shape index (κ1) is 30.3. The van der Waals surface area contributed by atoms with E-state index in [2.05, 4.69) is 45.7 Å². The van der Waals surface area contributed by atoms with Gasteiger partial charge in [-0.3, -0.25) is 0 Å². The summed E-state index contributed by atoms with van der Waals surface area (Å²) in [5.74, 6) is -0.226. The number of aliphatic hydroxyl groups excluding tert-OH is 1. The molecule has 4 aromatic carbocycles. The van der Waals surface area contributed by atoms with Crippen molar-refractivity contribution in [3.63, 3.8) is 0 Å². The van der Waals surface area contributed by atoms with Gasteiger partial charge in [-0.1, -0.05) is 86.0 Å². The predicted octanol–water partition coefficient (Wildman–Crippen LogP) is 7.63. The fraction of sp³-hybridized carbons (Fsp3) is 0.189. The number of anilines is 1. The van der Waals surface area contributed by atoms with E-state index in [9.17, 15) is 23.4 Å². The van der Waals surface area contributed by atoms with E-state index >= 15 is 0 Å². The third-order valence-corrected chi connectivity index (χ3v) is 10.4. The van der Waals surface area contributed by atoms with E-state index in [0.717, 1.165) is 64.4 Å². The molecule has 0 saturated heterocycles. The number of aromatic nitrogens is 2. The summed E-state index contributed by atoms with van der Waals surface area (Å²) in [7, 11) is -3.92. The number of rotatable bonds is 8. The molecule has 0 spiro atoms. The molecule has 9 nitrogen and oxygen atoms in total. The Bertz CT molecular complexity index is 2030. The molecule has 1 atom stereocenters. The van der Waals surface area contributed by atoms with Crippen molar-refractivity contribution < 1.29 is 23.4 Å². The molecule has 1 aliphatic heterocycles. The average molecular weight is 647 g/mol. The smallest absolute Gasteiger partial charge is 0.335 e. The largest absolute Gasteiger partial charge is 0.493 e. The second-order valence-corrected chi connectivity index (χ2v) is 13.6. The Morgan fingerprint density at radius 2 is 1.40 bits per heavy atom. The van der Waals surface area contributed by atoms with Crippen LogP contribution >= 0.6 is 0 Å². The molecular weight excluding hydrogens is 612 g/mol. The monoisotopic (exact) mass is 646 g/mol. The van der Waals surface area contributed by atoms with E-state index in [1.54, 1.807) is 36.4 Å². The molecule has 1 saturated carbocycles. The van der Waals surface area contributed by atoms with E-state index in [0.29, 0.717) is 17.3 Å². The summed E-state index contributed by atoms with van der Waals surface area (Å²) < 4.78 is 30.1. The number of carbonyl (C=O) groups is 1. The minimum absolute atomic E-state index is 0.0186. The summed E-state index contributed by atoms with van der Waals surface area (Å²) in [5, 5.41) is 19.2. The Labute approximate surface area is 273 Å². The van der Waals surface area contributed by atoms with Crippen LogP contribution < -0.4 is 9.03 Å². The summed E-state index contributed by atoms with van der Waals surface area (Å²) in [6.45, 7) is 0. The molecule has 1 fully saturated rings. The maximum atomic E-state index is 12.5. The number of carboxylic acid groups (broad SMARTS) is 1. The third-order valence-electron chi connectivity index (χ3n) is 9.05. The summed E-state index contributed by atoms with van der Waals surface area (Å²) in [6.07, 6.45) is 8.77. The molecule has 0 bridgehead atoms. The van der Waals surface area contributed by atoms with Gasteiger partial charge in [0.2, 0.25) is 5.88 Å². The molecule has 10 heteroatoms. The molecule has 7 rings (SSSR count). The Morgan fingerprint density at radius 3 is 2.02 bits per heavy atom. The minimum Gasteiger partial charge on any atom is -0.493 e. The van der Waals surface area contributed by atoms with Gasteiger partial charge in [0.25, 0.3) is 0 Å². The first-order valence-corrected chi connectivity index (χ1v) is 17.1. The van der Waals surface area contributed by atoms with Crippen molar-refractivity contribution >= 4 is 21.9 Å². The van der Waals surface area contributed by atoms with Gasteiger partial charge in [0.1, 0.15) is 5.82 Å². The Balaban J connectivity index is 1.34. The lowest BCUT2D eigenvalue weighted by molar-refractivity contribution is 0.0697. The van der Waals surface area contributed by atoms with Crippen molar-refractivity contribution in [1.29, 1.82) is 0 Å². The van der Waals surface area contributed by atoms with E-state index in [-0.39, 0.29) is 11.5 Å². The summed E-state index contributed by atoms with van der Waals surface area (Å²) in [4.78, 5) is 16.8. The number of aromatic carboxylic acids is 1. The van der Waals surface area contributed by atoms with Crippen LogP contribution in [0.25, 0.3) is 28.1 Å². The zero-order chi connectivity index (χ0) is 32.5. The maximum absolute atomic E-state index is 12.5. The number of imidazole rings is 1. The lowest BCUT2D eigenvalue weighted by Gasteiger charge is -2.31. The van der Waals surface area contributed by atoms with Gasteiger partial charge < -0.3 is 14.8 Å². The maximum Gasteiger partial charge on any atom is 0.335 e. The SMILES string of the molecule is O=C(O)c1ccc(-c2cn(-c3ccc(N4C=C(O)NS4(=O)=O)cc3)c(C(c3ccc(-c4ccccc4)cc3)C3CCCCC3)n2)cc1. The van der Waals surface area contributed by atoms with E-state index in [1.165, 1.54) is 12.0 Å². The average Bonchev–Trinajstić information content (AvgIpc) is 3.65. The van der Waals surface area contributed by atoms with Crippen LogP contribution in [-0.4, -0.2) is 34.2 Å². The van der Waals surface area contributed by atoms with Crippen molar-refractivity contribution in [3.8, 4) is 28.1 Å². The van der Waals surface area contributed by atoms with Crippen molar-refractivity contribution in [2.24, 2.45) is 5.92 Å². The van der Waals surface area contributed by atoms with Crippen LogP contribution in [0, 0.1) is 5.92 Å². The minimum atomic E-state index is -3.92. The molecule has 1 unspecified atom stereocenters. The molecular formula is C37H34N4O5S. The van der Waals surface area contributed by atoms with Gasteiger partial charge in [-0.15, -0.1) is 0 Å². The Morgan fingerprint density at radius 1 is 0.787 bits per heavy atom. The second-order valence-electron chi connectivity index (χ2n) is 12.0. The standard InChI is InChI=1S/C37H34N4O5S/c42-34-24-41(47(45,46)39-34)32-21-19-31(20-22-32)40-23-33(27-13-17-30(18-14-27)37(43)44)38-36(40)35(28-9-5-2-6-10-28)29-15-11-26(12-16-29)25-7-3-1-4-8-25/h1,3-4,7-8,11-24,28,35,39,42H,2,5-6,9-10H2,(H,43,44). The highest BCUT2D eigenvalue weighted by atomic mass is 32.2. The topological polar surface area (TPSA) is 125 Å². The van der Waals surface area contributed by atoms with Gasteiger partial charge in [-0.05, 0) is 71.8 Å². The van der Waals surface area contributed by atoms with Gasteiger partial charge >= 0.3 is 16.2 Å². The van der Waals surface area contributed by atoms with Crippen molar-refractivity contribution in [2.75, 3.05) is 4.31 Å². The number of hydrogen-bond donors (Lipinski definition) is 3. The molecule has 0 radical (unpaired) electrons. The van der Waals surface area contributed by atoms with Crippen LogP contribution in [0.15, 0.2) is 121 Å². The third kappa shape index (κ3) is 6.12. The molecule has 2 aliphatic rings. The highest BCUT2D eigenvalue weighted by Gasteiger charge is 2.32. The normalized spacial score (nSPS) is 16.8. The van der Waals surface area contributed by atoms with Crippen LogP contribution in [0.5, 0.6) is 0 Å². The van der Waals surface area contributed by atoms with Crippen LogP contribution in [0.2, 0.25) is 0 Å². The summed E-state index contributed by atoms with van der Waals surface area (Å²) in [6, 6.07) is 32.8. The molecule has 238 valence electrons. The molecule has 1 aliphatic carbocycles. The fourth-order valence-electron chi connectivity index (χ4n) is 6.72. The molecule has 47 heavy (non-hydrogen) atoms. The number of aliphatic hydroxyl groups is 1. The van der Waals surface area contributed by atoms with E-state index in [1.807, 2.05) is 36.5 Å². The van der Waals surface area contributed by atoms with Gasteiger partial charge in [-0.25, -0.2) is 18.8 Å². The molecule has 2 heterocycles. The molecule has 3 N–H and O–H groups in total. The van der Waals surface area contributed by atoms with Crippen LogP contribution in [0.4, 0.5) is 5.69 Å². The Hall–Kier alpha value is -5.35. The first-order chi connectivity index (χ1) is 22.8. The number of carboxylic acids is 1. The van der Waals surface area contributed by atoms with Crippen molar-refractivity contribution in [1.82, 2.24) is 14.3 Å². The Kier molecular flexibility index (Phi) is 8.03. The first-order valence-electron chi connectivity index (χ1n) is 15.7. The lowest BCUT2D eigenvalue weighted by atomic mass is 9.76. The van der Waals surface area contributed by atoms with Gasteiger partial charge in [0, 0.05) is 23.4 Å². The van der Waals surface area contributed by atoms with Crippen molar-refractivity contribution in [2.45, 2.75) is 38.0 Å². The zero-order valence-corrected chi connectivity index (χ0v) is 26.3. The molecule has 5 aromatic rings. The number of nitrogens with zero attached hydrogens (tertiary/aromatic N) is 3. The quantitative estimate of drug-likeness (QED) is 0.159. The number of hydrogen-bond acceptors (Lipinski definition) is 5. The number of nitrogens with one attached hydrogen (secondary N) is 1. The molecule has 0 amide bonds. The van der Waals surface area contributed by atoms with Gasteiger partial charge in [0.05, 0.1) is 23.1 Å². The van der Waals surface area contributed by atoms with Gasteiger partial charge in [-0.2, -0.15) is 8.42 Å². The zero-order valence-electron chi connectivity index (χ0n) is 25.5. The van der Waals surface area contributed by atoms with Crippen molar-refractivity contribution in [3.05, 3.63) is 138 Å². The van der Waals surface area contributed by atoms with Crippen LogP contribution in [0.1, 0.15) is 59.8 Å². The van der Waals surface area contributed by atoms with Crippen LogP contribution in [0.3, 0.4) is 0 Å². The van der Waals surface area contributed by atoms with Gasteiger partial charge in [0.15, 0.2) is 0 Å². The summed E-state index contributed by atoms with van der Waals surface area (Å²) in [5.41, 5.74) is 6.34. The highest BCUT2D eigenvalue weighted by Crippen LogP contribution is 2.42. The second kappa shape index (κ2) is 12.4. The van der Waals surface area contributed by atoms with E-state index < -0.39 is 22.1 Å². The fourth-order valence-corrected chi connectivity index (χ4v) is 7.77. The summed E-state index contributed by atoms with van der Waals surface area (Å²) >= 11 is 0. The van der Waals surface area contributed by atoms with Crippen LogP contribution in [-0.2, 0) is 10.2 Å². The highest BCUT2D eigenvalue weighted by molar-refractivity contribution is 7.91.